The van der Waals surface area contributed by atoms with E-state index in [0.29, 0.717) is 24.1 Å². The van der Waals surface area contributed by atoms with Crippen molar-refractivity contribution in [2.75, 3.05) is 11.9 Å². The molecular formula is C21H25ClN2O2. The molecule has 0 radical (unpaired) electrons. The Morgan fingerprint density at radius 3 is 2.42 bits per heavy atom. The van der Waals surface area contributed by atoms with Crippen molar-refractivity contribution in [1.29, 1.82) is 0 Å². The number of nitrogens with one attached hydrogen (secondary N) is 2. The summed E-state index contributed by atoms with van der Waals surface area (Å²) in [6.07, 6.45) is 5.57. The van der Waals surface area contributed by atoms with E-state index in [2.05, 4.69) is 10.6 Å². The standard InChI is InChI=1S/C21H25ClN2O2/c22-17-7-5-16(6-8-17)15-26-20-11-9-19(10-12-20)24-21(25)13-14-23-18-3-1-2-4-18/h5-12,18,23H,1-4,13-15H2,(H,24,25). The van der Waals surface area contributed by atoms with Crippen LogP contribution in [-0.4, -0.2) is 18.5 Å². The number of benzene rings is 2. The molecule has 1 amide bonds. The average Bonchev–Trinajstić information content (AvgIpc) is 3.16. The molecular weight excluding hydrogens is 348 g/mol. The first-order valence-corrected chi connectivity index (χ1v) is 9.57. The highest BCUT2D eigenvalue weighted by atomic mass is 35.5. The zero-order valence-corrected chi connectivity index (χ0v) is 15.6. The maximum atomic E-state index is 12.0. The molecule has 1 fully saturated rings. The van der Waals surface area contributed by atoms with Crippen LogP contribution in [-0.2, 0) is 11.4 Å². The topological polar surface area (TPSA) is 50.4 Å². The minimum atomic E-state index is 0.0327. The van der Waals surface area contributed by atoms with Gasteiger partial charge in [-0.15, -0.1) is 0 Å². The lowest BCUT2D eigenvalue weighted by atomic mass is 10.2. The van der Waals surface area contributed by atoms with Crippen molar-refractivity contribution in [3.8, 4) is 5.75 Å². The number of amides is 1. The first-order chi connectivity index (χ1) is 12.7. The summed E-state index contributed by atoms with van der Waals surface area (Å²) in [6, 6.07) is 15.6. The third-order valence-corrected chi connectivity index (χ3v) is 4.85. The van der Waals surface area contributed by atoms with Crippen LogP contribution >= 0.6 is 11.6 Å². The van der Waals surface area contributed by atoms with Gasteiger partial charge in [0.2, 0.25) is 5.91 Å². The minimum absolute atomic E-state index is 0.0327. The molecule has 2 aromatic carbocycles. The Bertz CT molecular complexity index is 695. The highest BCUT2D eigenvalue weighted by molar-refractivity contribution is 6.30. The zero-order valence-electron chi connectivity index (χ0n) is 14.8. The second-order valence-corrected chi connectivity index (χ2v) is 7.11. The first kappa shape index (κ1) is 18.7. The van der Waals surface area contributed by atoms with E-state index in [1.54, 1.807) is 0 Å². The summed E-state index contributed by atoms with van der Waals surface area (Å²) >= 11 is 5.87. The summed E-state index contributed by atoms with van der Waals surface area (Å²) in [5.41, 5.74) is 1.84. The van der Waals surface area contributed by atoms with Crippen molar-refractivity contribution in [3.05, 3.63) is 59.1 Å². The van der Waals surface area contributed by atoms with Crippen molar-refractivity contribution in [1.82, 2.24) is 5.32 Å². The van der Waals surface area contributed by atoms with Gasteiger partial charge in [-0.2, -0.15) is 0 Å². The monoisotopic (exact) mass is 372 g/mol. The summed E-state index contributed by atoms with van der Waals surface area (Å²) in [6.45, 7) is 1.22. The lowest BCUT2D eigenvalue weighted by molar-refractivity contribution is -0.116. The molecule has 0 heterocycles. The number of halogens is 1. The van der Waals surface area contributed by atoms with Gasteiger partial charge in [0.1, 0.15) is 12.4 Å². The molecule has 0 saturated heterocycles. The molecule has 1 aliphatic carbocycles. The number of rotatable bonds is 8. The van der Waals surface area contributed by atoms with Crippen LogP contribution in [0.25, 0.3) is 0 Å². The van der Waals surface area contributed by atoms with Gasteiger partial charge in [0.25, 0.3) is 0 Å². The van der Waals surface area contributed by atoms with E-state index in [1.165, 1.54) is 25.7 Å². The van der Waals surface area contributed by atoms with Crippen molar-refractivity contribution >= 4 is 23.2 Å². The van der Waals surface area contributed by atoms with E-state index >= 15 is 0 Å². The molecule has 5 heteroatoms. The normalized spacial score (nSPS) is 14.3. The van der Waals surface area contributed by atoms with Crippen LogP contribution in [0, 0.1) is 0 Å². The number of carbonyl (C=O) groups excluding carboxylic acids is 1. The molecule has 1 saturated carbocycles. The van der Waals surface area contributed by atoms with Crippen LogP contribution in [0.3, 0.4) is 0 Å². The van der Waals surface area contributed by atoms with Crippen LogP contribution in [0.15, 0.2) is 48.5 Å². The Kier molecular flexibility index (Phi) is 6.92. The van der Waals surface area contributed by atoms with Gasteiger partial charge in [0, 0.05) is 29.7 Å². The molecule has 4 nitrogen and oxygen atoms in total. The SMILES string of the molecule is O=C(CCNC1CCCC1)Nc1ccc(OCc2ccc(Cl)cc2)cc1. The van der Waals surface area contributed by atoms with Crippen molar-refractivity contribution in [2.45, 2.75) is 44.8 Å². The van der Waals surface area contributed by atoms with E-state index in [0.717, 1.165) is 23.5 Å². The molecule has 0 atom stereocenters. The number of hydrogen-bond acceptors (Lipinski definition) is 3. The van der Waals surface area contributed by atoms with E-state index < -0.39 is 0 Å². The van der Waals surface area contributed by atoms with Gasteiger partial charge >= 0.3 is 0 Å². The number of ether oxygens (including phenoxy) is 1. The Morgan fingerprint density at radius 2 is 1.73 bits per heavy atom. The Morgan fingerprint density at radius 1 is 1.04 bits per heavy atom. The maximum absolute atomic E-state index is 12.0. The highest BCUT2D eigenvalue weighted by Crippen LogP contribution is 2.19. The third-order valence-electron chi connectivity index (χ3n) is 4.60. The molecule has 138 valence electrons. The quantitative estimate of drug-likeness (QED) is 0.701. The highest BCUT2D eigenvalue weighted by Gasteiger charge is 2.14. The van der Waals surface area contributed by atoms with Gasteiger partial charge in [0.15, 0.2) is 0 Å². The van der Waals surface area contributed by atoms with E-state index in [-0.39, 0.29) is 5.91 Å². The summed E-state index contributed by atoms with van der Waals surface area (Å²) in [7, 11) is 0. The Labute approximate surface area is 159 Å². The fraction of sp³-hybridized carbons (Fsp3) is 0.381. The Hall–Kier alpha value is -2.04. The van der Waals surface area contributed by atoms with Crippen molar-refractivity contribution in [3.63, 3.8) is 0 Å². The molecule has 0 aliphatic heterocycles. The third kappa shape index (κ3) is 6.04. The van der Waals surface area contributed by atoms with E-state index in [9.17, 15) is 4.79 Å². The van der Waals surface area contributed by atoms with Gasteiger partial charge in [-0.1, -0.05) is 36.6 Å². The molecule has 1 aliphatic rings. The molecule has 0 unspecified atom stereocenters. The van der Waals surface area contributed by atoms with Gasteiger partial charge in [-0.05, 0) is 54.8 Å². The minimum Gasteiger partial charge on any atom is -0.489 e. The van der Waals surface area contributed by atoms with Crippen molar-refractivity contribution < 1.29 is 9.53 Å². The number of carbonyl (C=O) groups is 1. The lowest BCUT2D eigenvalue weighted by Gasteiger charge is -2.12. The Balaban J connectivity index is 1.39. The predicted octanol–water partition coefficient (Wildman–Crippen LogP) is 4.78. The molecule has 2 aromatic rings. The van der Waals surface area contributed by atoms with E-state index in [4.69, 9.17) is 16.3 Å². The van der Waals surface area contributed by atoms with Gasteiger partial charge in [-0.3, -0.25) is 4.79 Å². The van der Waals surface area contributed by atoms with Crippen LogP contribution in [0.2, 0.25) is 5.02 Å². The molecule has 0 spiro atoms. The summed E-state index contributed by atoms with van der Waals surface area (Å²) in [5, 5.41) is 7.09. The summed E-state index contributed by atoms with van der Waals surface area (Å²) < 4.78 is 5.75. The molecule has 26 heavy (non-hydrogen) atoms. The van der Waals surface area contributed by atoms with Gasteiger partial charge in [0.05, 0.1) is 0 Å². The molecule has 2 N–H and O–H groups in total. The van der Waals surface area contributed by atoms with Gasteiger partial charge in [-0.25, -0.2) is 0 Å². The van der Waals surface area contributed by atoms with Crippen molar-refractivity contribution in [2.24, 2.45) is 0 Å². The van der Waals surface area contributed by atoms with Crippen LogP contribution in [0.4, 0.5) is 5.69 Å². The first-order valence-electron chi connectivity index (χ1n) is 9.19. The predicted molar refractivity (Wildman–Crippen MR) is 106 cm³/mol. The van der Waals surface area contributed by atoms with Crippen LogP contribution in [0.5, 0.6) is 5.75 Å². The molecule has 0 aromatic heterocycles. The molecule has 3 rings (SSSR count). The fourth-order valence-electron chi connectivity index (χ4n) is 3.13. The smallest absolute Gasteiger partial charge is 0.225 e. The molecule has 0 bridgehead atoms. The summed E-state index contributed by atoms with van der Waals surface area (Å²) in [4.78, 5) is 12.0. The lowest BCUT2D eigenvalue weighted by Crippen LogP contribution is -2.29. The second-order valence-electron chi connectivity index (χ2n) is 6.67. The van der Waals surface area contributed by atoms with Gasteiger partial charge < -0.3 is 15.4 Å². The average molecular weight is 373 g/mol. The number of anilines is 1. The maximum Gasteiger partial charge on any atom is 0.225 e. The van der Waals surface area contributed by atoms with Crippen LogP contribution < -0.4 is 15.4 Å². The fourth-order valence-corrected chi connectivity index (χ4v) is 3.25. The van der Waals surface area contributed by atoms with Crippen LogP contribution in [0.1, 0.15) is 37.7 Å². The zero-order chi connectivity index (χ0) is 18.2. The number of hydrogen-bond donors (Lipinski definition) is 2. The summed E-state index contributed by atoms with van der Waals surface area (Å²) in [5.74, 6) is 0.797. The second kappa shape index (κ2) is 9.60. The van der Waals surface area contributed by atoms with E-state index in [1.807, 2.05) is 48.5 Å². The largest absolute Gasteiger partial charge is 0.489 e.